The Morgan fingerprint density at radius 1 is 0.828 bits per heavy atom. The average Bonchev–Trinajstić information content (AvgIpc) is 2.71. The summed E-state index contributed by atoms with van der Waals surface area (Å²) in [4.78, 5) is 0. The van der Waals surface area contributed by atoms with Crippen molar-refractivity contribution < 1.29 is 9.84 Å². The first-order valence-electron chi connectivity index (χ1n) is 9.25. The SMILES string of the molecule is C=CCc1ccc(O)c(-c2ccc(OCc3ccc(Cl)c(Cl)c3)c(CC=C)c2)c1. The van der Waals surface area contributed by atoms with Crippen molar-refractivity contribution in [1.29, 1.82) is 0 Å². The second kappa shape index (κ2) is 9.69. The zero-order chi connectivity index (χ0) is 20.8. The summed E-state index contributed by atoms with van der Waals surface area (Å²) in [7, 11) is 0. The molecular weight excluding hydrogens is 403 g/mol. The van der Waals surface area contributed by atoms with Crippen LogP contribution in [0.2, 0.25) is 10.0 Å². The van der Waals surface area contributed by atoms with Crippen molar-refractivity contribution in [3.8, 4) is 22.6 Å². The van der Waals surface area contributed by atoms with E-state index < -0.39 is 0 Å². The Morgan fingerprint density at radius 2 is 1.59 bits per heavy atom. The lowest BCUT2D eigenvalue weighted by molar-refractivity contribution is 0.303. The Labute approximate surface area is 181 Å². The number of ether oxygens (including phenoxy) is 1. The van der Waals surface area contributed by atoms with Crippen LogP contribution in [0.15, 0.2) is 79.9 Å². The smallest absolute Gasteiger partial charge is 0.123 e. The van der Waals surface area contributed by atoms with Gasteiger partial charge >= 0.3 is 0 Å². The molecule has 0 atom stereocenters. The normalized spacial score (nSPS) is 10.6. The molecule has 0 aliphatic heterocycles. The molecule has 0 radical (unpaired) electrons. The molecule has 0 bridgehead atoms. The minimum atomic E-state index is 0.242. The highest BCUT2D eigenvalue weighted by Crippen LogP contribution is 2.34. The van der Waals surface area contributed by atoms with E-state index in [2.05, 4.69) is 13.2 Å². The predicted molar refractivity (Wildman–Crippen MR) is 122 cm³/mol. The maximum Gasteiger partial charge on any atom is 0.123 e. The number of rotatable bonds is 8. The van der Waals surface area contributed by atoms with Gasteiger partial charge in [0.2, 0.25) is 0 Å². The number of phenols is 1. The van der Waals surface area contributed by atoms with Gasteiger partial charge in [-0.25, -0.2) is 0 Å². The van der Waals surface area contributed by atoms with E-state index in [0.717, 1.165) is 40.0 Å². The molecule has 0 unspecified atom stereocenters. The lowest BCUT2D eigenvalue weighted by Crippen LogP contribution is -1.99. The van der Waals surface area contributed by atoms with Crippen LogP contribution in [-0.4, -0.2) is 5.11 Å². The van der Waals surface area contributed by atoms with Crippen molar-refractivity contribution in [2.75, 3.05) is 0 Å². The van der Waals surface area contributed by atoms with E-state index in [1.165, 1.54) is 0 Å². The Hall–Kier alpha value is -2.68. The van der Waals surface area contributed by atoms with Crippen molar-refractivity contribution in [1.82, 2.24) is 0 Å². The number of halogens is 2. The maximum atomic E-state index is 10.3. The van der Waals surface area contributed by atoms with Crippen LogP contribution in [0.25, 0.3) is 11.1 Å². The molecule has 3 rings (SSSR count). The molecule has 0 spiro atoms. The van der Waals surface area contributed by atoms with E-state index in [4.69, 9.17) is 27.9 Å². The summed E-state index contributed by atoms with van der Waals surface area (Å²) in [6.07, 6.45) is 5.08. The predicted octanol–water partition coefficient (Wildman–Crippen LogP) is 7.40. The first-order chi connectivity index (χ1) is 14.0. The first-order valence-corrected chi connectivity index (χ1v) is 10.0. The maximum absolute atomic E-state index is 10.3. The van der Waals surface area contributed by atoms with Crippen LogP contribution < -0.4 is 4.74 Å². The summed E-state index contributed by atoms with van der Waals surface area (Å²) in [6.45, 7) is 8.00. The number of aromatic hydroxyl groups is 1. The van der Waals surface area contributed by atoms with Gasteiger partial charge in [0, 0.05) is 5.56 Å². The van der Waals surface area contributed by atoms with Gasteiger partial charge in [0.1, 0.15) is 18.1 Å². The van der Waals surface area contributed by atoms with Gasteiger partial charge in [-0.2, -0.15) is 0 Å². The van der Waals surface area contributed by atoms with Crippen LogP contribution in [0.1, 0.15) is 16.7 Å². The van der Waals surface area contributed by atoms with Crippen LogP contribution in [0.5, 0.6) is 11.5 Å². The van der Waals surface area contributed by atoms with Crippen LogP contribution >= 0.6 is 23.2 Å². The fraction of sp³-hybridized carbons (Fsp3) is 0.120. The van der Waals surface area contributed by atoms with E-state index in [1.807, 2.05) is 48.6 Å². The van der Waals surface area contributed by atoms with Gasteiger partial charge in [-0.3, -0.25) is 0 Å². The molecule has 0 fully saturated rings. The van der Waals surface area contributed by atoms with Crippen molar-refractivity contribution in [3.63, 3.8) is 0 Å². The fourth-order valence-electron chi connectivity index (χ4n) is 3.10. The van der Waals surface area contributed by atoms with Crippen molar-refractivity contribution in [2.45, 2.75) is 19.4 Å². The second-order valence-corrected chi connectivity index (χ2v) is 7.51. The van der Waals surface area contributed by atoms with E-state index in [9.17, 15) is 5.11 Å². The Morgan fingerprint density at radius 3 is 2.31 bits per heavy atom. The van der Waals surface area contributed by atoms with Crippen LogP contribution in [0, 0.1) is 0 Å². The zero-order valence-corrected chi connectivity index (χ0v) is 17.5. The highest BCUT2D eigenvalue weighted by molar-refractivity contribution is 6.42. The molecule has 0 aliphatic rings. The number of hydrogen-bond acceptors (Lipinski definition) is 2. The van der Waals surface area contributed by atoms with Crippen molar-refractivity contribution in [3.05, 3.63) is 107 Å². The number of benzene rings is 3. The lowest BCUT2D eigenvalue weighted by atomic mass is 9.97. The van der Waals surface area contributed by atoms with Gasteiger partial charge in [-0.1, -0.05) is 53.6 Å². The zero-order valence-electron chi connectivity index (χ0n) is 16.0. The third-order valence-electron chi connectivity index (χ3n) is 4.56. The minimum absolute atomic E-state index is 0.242. The van der Waals surface area contributed by atoms with E-state index in [-0.39, 0.29) is 5.75 Å². The Bertz CT molecular complexity index is 1040. The van der Waals surface area contributed by atoms with Crippen LogP contribution in [0.3, 0.4) is 0 Å². The summed E-state index contributed by atoms with van der Waals surface area (Å²) >= 11 is 12.1. The molecule has 3 aromatic carbocycles. The standard InChI is InChI=1S/C25H22Cl2O2/c1-3-5-17-8-11-24(28)21(13-17)19-9-12-25(20(15-19)6-4-2)29-16-18-7-10-22(26)23(27)14-18/h3-4,7-15,28H,1-2,5-6,16H2. The highest BCUT2D eigenvalue weighted by Gasteiger charge is 2.10. The molecule has 0 saturated carbocycles. The van der Waals surface area contributed by atoms with Crippen molar-refractivity contribution >= 4 is 23.2 Å². The molecule has 0 aromatic heterocycles. The van der Waals surface area contributed by atoms with Crippen LogP contribution in [-0.2, 0) is 19.4 Å². The fourth-order valence-corrected chi connectivity index (χ4v) is 3.42. The van der Waals surface area contributed by atoms with E-state index in [0.29, 0.717) is 23.1 Å². The average molecular weight is 425 g/mol. The summed E-state index contributed by atoms with van der Waals surface area (Å²) in [5, 5.41) is 11.4. The lowest BCUT2D eigenvalue weighted by Gasteiger charge is -2.14. The molecular formula is C25H22Cl2O2. The number of phenolic OH excluding ortho intramolecular Hbond substituents is 1. The molecule has 148 valence electrons. The summed E-state index contributed by atoms with van der Waals surface area (Å²) < 4.78 is 6.03. The summed E-state index contributed by atoms with van der Waals surface area (Å²) in [5.41, 5.74) is 4.73. The molecule has 2 nitrogen and oxygen atoms in total. The molecule has 0 amide bonds. The molecule has 0 heterocycles. The molecule has 4 heteroatoms. The monoisotopic (exact) mass is 424 g/mol. The highest BCUT2D eigenvalue weighted by atomic mass is 35.5. The topological polar surface area (TPSA) is 29.5 Å². The van der Waals surface area contributed by atoms with E-state index in [1.54, 1.807) is 18.2 Å². The van der Waals surface area contributed by atoms with Crippen molar-refractivity contribution in [2.24, 2.45) is 0 Å². The largest absolute Gasteiger partial charge is 0.507 e. The Kier molecular flexibility index (Phi) is 7.03. The third-order valence-corrected chi connectivity index (χ3v) is 5.29. The molecule has 3 aromatic rings. The summed E-state index contributed by atoms with van der Waals surface area (Å²) in [6, 6.07) is 17.0. The van der Waals surface area contributed by atoms with Gasteiger partial charge in [0.25, 0.3) is 0 Å². The quantitative estimate of drug-likeness (QED) is 0.381. The second-order valence-electron chi connectivity index (χ2n) is 6.70. The molecule has 1 N–H and O–H groups in total. The molecule has 0 aliphatic carbocycles. The third kappa shape index (κ3) is 5.23. The van der Waals surface area contributed by atoms with Gasteiger partial charge in [-0.15, -0.1) is 13.2 Å². The van der Waals surface area contributed by atoms with Crippen LogP contribution in [0.4, 0.5) is 0 Å². The van der Waals surface area contributed by atoms with E-state index >= 15 is 0 Å². The number of allylic oxidation sites excluding steroid dienone is 2. The molecule has 29 heavy (non-hydrogen) atoms. The van der Waals surface area contributed by atoms with Gasteiger partial charge in [0.15, 0.2) is 0 Å². The Balaban J connectivity index is 1.88. The first kappa shape index (κ1) is 21.0. The summed E-state index contributed by atoms with van der Waals surface area (Å²) in [5.74, 6) is 1.01. The van der Waals surface area contributed by atoms with Gasteiger partial charge in [-0.05, 0) is 71.5 Å². The van der Waals surface area contributed by atoms with Gasteiger partial charge in [0.05, 0.1) is 10.0 Å². The number of hydrogen-bond donors (Lipinski definition) is 1. The van der Waals surface area contributed by atoms with Gasteiger partial charge < -0.3 is 9.84 Å². The molecule has 0 saturated heterocycles. The minimum Gasteiger partial charge on any atom is -0.507 e.